The van der Waals surface area contributed by atoms with Crippen molar-refractivity contribution >= 4 is 11.4 Å². The van der Waals surface area contributed by atoms with Crippen molar-refractivity contribution in [2.45, 2.75) is 25.4 Å². The molecule has 0 bridgehead atoms. The molecule has 0 spiro atoms. The van der Waals surface area contributed by atoms with Crippen LogP contribution >= 0.6 is 0 Å². The molecule has 0 fully saturated rings. The number of carbonyl (C=O) groups is 1. The Hall–Kier alpha value is -3.38. The summed E-state index contributed by atoms with van der Waals surface area (Å²) in [5.74, 6) is 0.124. The highest BCUT2D eigenvalue weighted by molar-refractivity contribution is 5.97. The van der Waals surface area contributed by atoms with E-state index in [1.54, 1.807) is 11.6 Å². The summed E-state index contributed by atoms with van der Waals surface area (Å²) in [5.41, 5.74) is 5.75. The van der Waals surface area contributed by atoms with Gasteiger partial charge < -0.3 is 4.74 Å². The highest BCUT2D eigenvalue weighted by Gasteiger charge is 2.31. The molecule has 6 nitrogen and oxygen atoms in total. The van der Waals surface area contributed by atoms with Crippen LogP contribution in [0, 0.1) is 0 Å². The third-order valence-corrected chi connectivity index (χ3v) is 5.46. The highest BCUT2D eigenvalue weighted by Crippen LogP contribution is 2.34. The minimum absolute atomic E-state index is 0.0135. The van der Waals surface area contributed by atoms with E-state index < -0.39 is 0 Å². The van der Waals surface area contributed by atoms with E-state index in [-0.39, 0.29) is 11.7 Å². The fraction of sp³-hybridized carbons (Fsp3) is 0.217. The maximum Gasteiger partial charge on any atom is 0.185 e. The number of Topliss-reactive ketones (excluding diaryl/α,β-unsaturated/α-hetero) is 1. The van der Waals surface area contributed by atoms with Crippen LogP contribution in [0.15, 0.2) is 60.7 Å². The van der Waals surface area contributed by atoms with Crippen LogP contribution in [0.3, 0.4) is 0 Å². The molecular weight excluding hydrogens is 364 g/mol. The zero-order chi connectivity index (χ0) is 19.8. The summed E-state index contributed by atoms with van der Waals surface area (Å²) in [6, 6.07) is 20.1. The lowest BCUT2D eigenvalue weighted by molar-refractivity contribution is 0.0955. The maximum absolute atomic E-state index is 12.8. The molecule has 0 radical (unpaired) electrons. The Bertz CT molecular complexity index is 1190. The second-order valence-corrected chi connectivity index (χ2v) is 7.29. The third kappa shape index (κ3) is 3.02. The van der Waals surface area contributed by atoms with E-state index in [1.165, 1.54) is 0 Å². The fourth-order valence-corrected chi connectivity index (χ4v) is 4.11. The van der Waals surface area contributed by atoms with Crippen molar-refractivity contribution in [3.8, 4) is 11.1 Å². The number of nitrogens with zero attached hydrogens (tertiary/aromatic N) is 4. The number of ether oxygens (including phenoxy) is 1. The van der Waals surface area contributed by atoms with Crippen LogP contribution in [-0.2, 0) is 17.8 Å². The number of fused-ring (bicyclic) bond motifs is 3. The molecule has 144 valence electrons. The van der Waals surface area contributed by atoms with Gasteiger partial charge in [-0.3, -0.25) is 4.79 Å². The monoisotopic (exact) mass is 384 g/mol. The van der Waals surface area contributed by atoms with Crippen molar-refractivity contribution in [1.29, 1.82) is 0 Å². The van der Waals surface area contributed by atoms with Gasteiger partial charge in [-0.05, 0) is 23.5 Å². The summed E-state index contributed by atoms with van der Waals surface area (Å²) in [6.45, 7) is 0.360. The molecular formula is C23H20N4O2. The van der Waals surface area contributed by atoms with Gasteiger partial charge in [-0.25, -0.2) is 4.52 Å². The van der Waals surface area contributed by atoms with Gasteiger partial charge in [0.1, 0.15) is 0 Å². The molecule has 29 heavy (non-hydrogen) atoms. The van der Waals surface area contributed by atoms with E-state index in [2.05, 4.69) is 22.3 Å². The number of methoxy groups -OCH3 is 1. The number of hydrogen-bond donors (Lipinski definition) is 0. The number of ketones is 1. The number of aromatic nitrogens is 4. The number of hydrogen-bond acceptors (Lipinski definition) is 5. The molecule has 5 rings (SSSR count). The first-order valence-corrected chi connectivity index (χ1v) is 9.66. The second-order valence-electron chi connectivity index (χ2n) is 7.29. The quantitative estimate of drug-likeness (QED) is 0.535. The van der Waals surface area contributed by atoms with Gasteiger partial charge in [-0.1, -0.05) is 60.7 Å². The molecule has 2 heterocycles. The summed E-state index contributed by atoms with van der Waals surface area (Å²) in [4.78, 5) is 12.8. The van der Waals surface area contributed by atoms with Crippen LogP contribution in [0.4, 0.5) is 0 Å². The summed E-state index contributed by atoms with van der Waals surface area (Å²) < 4.78 is 7.18. The average molecular weight is 384 g/mol. The molecule has 6 heteroatoms. The zero-order valence-corrected chi connectivity index (χ0v) is 16.1. The van der Waals surface area contributed by atoms with E-state index in [0.717, 1.165) is 28.1 Å². The first-order chi connectivity index (χ1) is 14.3. The third-order valence-electron chi connectivity index (χ3n) is 5.46. The Balaban J connectivity index is 1.70. The van der Waals surface area contributed by atoms with E-state index in [0.29, 0.717) is 30.8 Å². The fourth-order valence-electron chi connectivity index (χ4n) is 4.11. The lowest BCUT2D eigenvalue weighted by Crippen LogP contribution is -2.24. The molecule has 0 saturated carbocycles. The second kappa shape index (κ2) is 7.22. The number of rotatable bonds is 4. The van der Waals surface area contributed by atoms with Crippen molar-refractivity contribution in [1.82, 2.24) is 19.8 Å². The molecule has 0 amide bonds. The predicted molar refractivity (Wildman–Crippen MR) is 109 cm³/mol. The summed E-state index contributed by atoms with van der Waals surface area (Å²) in [5, 5.41) is 13.5. The molecule has 2 aromatic heterocycles. The summed E-state index contributed by atoms with van der Waals surface area (Å²) in [7, 11) is 1.65. The van der Waals surface area contributed by atoms with Gasteiger partial charge >= 0.3 is 0 Å². The zero-order valence-electron chi connectivity index (χ0n) is 16.1. The van der Waals surface area contributed by atoms with Crippen LogP contribution in [0.25, 0.3) is 16.8 Å². The van der Waals surface area contributed by atoms with Crippen molar-refractivity contribution in [3.05, 3.63) is 83.3 Å². The molecule has 1 aliphatic rings. The van der Waals surface area contributed by atoms with Gasteiger partial charge in [-0.2, -0.15) is 5.10 Å². The minimum atomic E-state index is 0.0135. The molecule has 0 saturated heterocycles. The van der Waals surface area contributed by atoms with Gasteiger partial charge in [0.15, 0.2) is 17.1 Å². The van der Waals surface area contributed by atoms with E-state index in [9.17, 15) is 4.79 Å². The SMILES string of the molecule is COCc1nn2c3c(nnc2c1-c1ccccc1)C(=O)C[C@H](c1ccccc1)C3. The molecule has 4 aromatic rings. The van der Waals surface area contributed by atoms with Gasteiger partial charge in [0.05, 0.1) is 23.6 Å². The van der Waals surface area contributed by atoms with Crippen LogP contribution in [0.1, 0.15) is 39.8 Å². The maximum atomic E-state index is 12.8. The van der Waals surface area contributed by atoms with Gasteiger partial charge in [0.25, 0.3) is 0 Å². The van der Waals surface area contributed by atoms with Crippen molar-refractivity contribution in [3.63, 3.8) is 0 Å². The number of carbonyl (C=O) groups excluding carboxylic acids is 1. The smallest absolute Gasteiger partial charge is 0.185 e. The van der Waals surface area contributed by atoms with Crippen molar-refractivity contribution in [2.24, 2.45) is 0 Å². The first-order valence-electron chi connectivity index (χ1n) is 9.66. The highest BCUT2D eigenvalue weighted by atomic mass is 16.5. The Morgan fingerprint density at radius 2 is 1.72 bits per heavy atom. The van der Waals surface area contributed by atoms with Crippen molar-refractivity contribution < 1.29 is 9.53 Å². The Morgan fingerprint density at radius 3 is 2.45 bits per heavy atom. The Kier molecular flexibility index (Phi) is 4.41. The van der Waals surface area contributed by atoms with Crippen molar-refractivity contribution in [2.75, 3.05) is 7.11 Å². The molecule has 1 aliphatic carbocycles. The lowest BCUT2D eigenvalue weighted by atomic mass is 9.83. The predicted octanol–water partition coefficient (Wildman–Crippen LogP) is 3.85. The van der Waals surface area contributed by atoms with Gasteiger partial charge in [0.2, 0.25) is 0 Å². The standard InChI is InChI=1S/C23H20N4O2/c1-29-14-18-21(16-10-6-3-7-11-16)23-25-24-22-19(27(23)26-18)12-17(13-20(22)28)15-8-4-2-5-9-15/h2-11,17H,12-14H2,1H3/t17-/m1/s1. The average Bonchev–Trinajstić information content (AvgIpc) is 3.14. The van der Waals surface area contributed by atoms with Crippen LogP contribution in [0.2, 0.25) is 0 Å². The van der Waals surface area contributed by atoms with Gasteiger partial charge in [0, 0.05) is 13.5 Å². The lowest BCUT2D eigenvalue weighted by Gasteiger charge is -2.23. The molecule has 0 N–H and O–H groups in total. The Labute approximate surface area is 168 Å². The molecule has 0 unspecified atom stereocenters. The molecule has 0 aliphatic heterocycles. The largest absolute Gasteiger partial charge is 0.378 e. The number of benzene rings is 2. The topological polar surface area (TPSA) is 69.4 Å². The van der Waals surface area contributed by atoms with Crippen LogP contribution < -0.4 is 0 Å². The molecule has 1 atom stereocenters. The summed E-state index contributed by atoms with van der Waals surface area (Å²) in [6.07, 6.45) is 1.13. The minimum Gasteiger partial charge on any atom is -0.378 e. The van der Waals surface area contributed by atoms with Gasteiger partial charge in [-0.15, -0.1) is 10.2 Å². The first kappa shape index (κ1) is 17.7. The van der Waals surface area contributed by atoms with Crippen LogP contribution in [0.5, 0.6) is 0 Å². The Morgan fingerprint density at radius 1 is 1.00 bits per heavy atom. The van der Waals surface area contributed by atoms with E-state index in [4.69, 9.17) is 9.84 Å². The normalized spacial score (nSPS) is 16.2. The van der Waals surface area contributed by atoms with E-state index in [1.807, 2.05) is 48.5 Å². The molecule has 2 aromatic carbocycles. The summed E-state index contributed by atoms with van der Waals surface area (Å²) >= 11 is 0. The van der Waals surface area contributed by atoms with E-state index >= 15 is 0 Å². The van der Waals surface area contributed by atoms with Crippen LogP contribution in [-0.4, -0.2) is 32.7 Å².